The van der Waals surface area contributed by atoms with Gasteiger partial charge in [0.2, 0.25) is 0 Å². The van der Waals surface area contributed by atoms with Crippen LogP contribution in [0.4, 0.5) is 0 Å². The van der Waals surface area contributed by atoms with E-state index in [0.717, 1.165) is 32.1 Å². The summed E-state index contributed by atoms with van der Waals surface area (Å²) >= 11 is 0. The molecule has 2 N–H and O–H groups in total. The van der Waals surface area contributed by atoms with Crippen LogP contribution in [0.3, 0.4) is 0 Å². The van der Waals surface area contributed by atoms with Crippen LogP contribution >= 0.6 is 24.8 Å². The van der Waals surface area contributed by atoms with Crippen molar-refractivity contribution in [3.05, 3.63) is 24.0 Å². The van der Waals surface area contributed by atoms with Crippen molar-refractivity contribution in [3.63, 3.8) is 0 Å². The summed E-state index contributed by atoms with van der Waals surface area (Å²) in [6.45, 7) is 9.17. The summed E-state index contributed by atoms with van der Waals surface area (Å²) in [6.07, 6.45) is 3.27. The molecule has 0 bridgehead atoms. The van der Waals surface area contributed by atoms with Gasteiger partial charge < -0.3 is 10.3 Å². The van der Waals surface area contributed by atoms with Crippen molar-refractivity contribution in [1.82, 2.24) is 15.2 Å². The Morgan fingerprint density at radius 3 is 2.39 bits per heavy atom. The van der Waals surface area contributed by atoms with Crippen LogP contribution in [0.2, 0.25) is 0 Å². The lowest BCUT2D eigenvalue weighted by atomic mass is 9.99. The van der Waals surface area contributed by atoms with Crippen molar-refractivity contribution in [2.45, 2.75) is 26.3 Å². The van der Waals surface area contributed by atoms with Crippen molar-refractivity contribution in [2.24, 2.45) is 5.92 Å². The summed E-state index contributed by atoms with van der Waals surface area (Å²) in [4.78, 5) is 5.98. The molecule has 2 heterocycles. The third-order valence-corrected chi connectivity index (χ3v) is 3.27. The third-order valence-electron chi connectivity index (χ3n) is 3.27. The molecule has 0 radical (unpaired) electrons. The monoisotopic (exact) mass is 293 g/mol. The molecule has 0 aromatic carbocycles. The second kappa shape index (κ2) is 8.81. The van der Waals surface area contributed by atoms with E-state index in [1.807, 2.05) is 6.20 Å². The fourth-order valence-corrected chi connectivity index (χ4v) is 2.46. The quantitative estimate of drug-likeness (QED) is 0.894. The first-order chi connectivity index (χ1) is 7.77. The second-order valence-electron chi connectivity index (χ2n) is 5.06. The summed E-state index contributed by atoms with van der Waals surface area (Å²) in [5, 5.41) is 3.42. The lowest BCUT2D eigenvalue weighted by Gasteiger charge is -2.35. The van der Waals surface area contributed by atoms with Gasteiger partial charge in [0.15, 0.2) is 0 Å². The molecule has 1 aromatic rings. The number of aromatic amines is 1. The molecule has 1 aliphatic heterocycles. The normalized spacial score (nSPS) is 17.9. The summed E-state index contributed by atoms with van der Waals surface area (Å²) in [5.41, 5.74) is 1.37. The van der Waals surface area contributed by atoms with Crippen LogP contribution in [-0.4, -0.2) is 36.1 Å². The first-order valence-corrected chi connectivity index (χ1v) is 6.35. The van der Waals surface area contributed by atoms with Gasteiger partial charge in [-0.3, -0.25) is 4.90 Å². The van der Waals surface area contributed by atoms with Gasteiger partial charge in [0.05, 0.1) is 6.04 Å². The Morgan fingerprint density at radius 1 is 1.22 bits per heavy atom. The van der Waals surface area contributed by atoms with E-state index in [1.54, 1.807) is 0 Å². The lowest BCUT2D eigenvalue weighted by molar-refractivity contribution is 0.151. The van der Waals surface area contributed by atoms with Gasteiger partial charge in [-0.15, -0.1) is 24.8 Å². The van der Waals surface area contributed by atoms with E-state index in [2.05, 4.69) is 41.2 Å². The number of piperazine rings is 1. The molecule has 0 unspecified atom stereocenters. The van der Waals surface area contributed by atoms with Gasteiger partial charge in [-0.25, -0.2) is 0 Å². The van der Waals surface area contributed by atoms with E-state index in [4.69, 9.17) is 0 Å². The molecule has 0 saturated carbocycles. The summed E-state index contributed by atoms with van der Waals surface area (Å²) in [5.74, 6) is 0.739. The van der Waals surface area contributed by atoms with Gasteiger partial charge in [-0.2, -0.15) is 0 Å². The Hall–Kier alpha value is -0.220. The van der Waals surface area contributed by atoms with Gasteiger partial charge in [0.1, 0.15) is 0 Å². The van der Waals surface area contributed by atoms with Gasteiger partial charge in [-0.1, -0.05) is 13.8 Å². The highest BCUT2D eigenvalue weighted by molar-refractivity contribution is 5.85. The number of aromatic nitrogens is 1. The van der Waals surface area contributed by atoms with Crippen molar-refractivity contribution >= 4 is 24.8 Å². The molecule has 2 rings (SSSR count). The first-order valence-electron chi connectivity index (χ1n) is 6.35. The lowest BCUT2D eigenvalue weighted by Crippen LogP contribution is -2.45. The molecule has 0 spiro atoms. The van der Waals surface area contributed by atoms with Crippen LogP contribution in [0.5, 0.6) is 0 Å². The first kappa shape index (κ1) is 17.8. The van der Waals surface area contributed by atoms with Crippen LogP contribution in [0.1, 0.15) is 32.0 Å². The number of hydrogen-bond donors (Lipinski definition) is 2. The molecule has 1 aromatic heterocycles. The minimum absolute atomic E-state index is 0. The molecule has 5 heteroatoms. The topological polar surface area (TPSA) is 31.1 Å². The summed E-state index contributed by atoms with van der Waals surface area (Å²) in [7, 11) is 0. The van der Waals surface area contributed by atoms with E-state index in [0.29, 0.717) is 6.04 Å². The number of hydrogen-bond acceptors (Lipinski definition) is 2. The van der Waals surface area contributed by atoms with Crippen LogP contribution < -0.4 is 5.32 Å². The zero-order chi connectivity index (χ0) is 11.4. The highest BCUT2D eigenvalue weighted by Gasteiger charge is 2.23. The van der Waals surface area contributed by atoms with Gasteiger partial charge in [-0.05, 0) is 24.5 Å². The Labute approximate surface area is 123 Å². The fraction of sp³-hybridized carbons (Fsp3) is 0.692. The van der Waals surface area contributed by atoms with Gasteiger partial charge in [0, 0.05) is 38.1 Å². The predicted octanol–water partition coefficient (Wildman–Crippen LogP) is 2.85. The van der Waals surface area contributed by atoms with Crippen LogP contribution in [-0.2, 0) is 0 Å². The molecule has 0 amide bonds. The summed E-state index contributed by atoms with van der Waals surface area (Å²) in [6, 6.07) is 4.89. The van der Waals surface area contributed by atoms with Crippen molar-refractivity contribution in [3.8, 4) is 0 Å². The molecule has 1 aliphatic rings. The Morgan fingerprint density at radius 2 is 1.89 bits per heavy atom. The average Bonchev–Trinajstić information content (AvgIpc) is 2.80. The minimum Gasteiger partial charge on any atom is -0.364 e. The zero-order valence-corrected chi connectivity index (χ0v) is 12.8. The van der Waals surface area contributed by atoms with E-state index in [-0.39, 0.29) is 24.8 Å². The molecule has 18 heavy (non-hydrogen) atoms. The smallest absolute Gasteiger partial charge is 0.0501 e. The Kier molecular flexibility index (Phi) is 8.70. The maximum atomic E-state index is 3.42. The van der Waals surface area contributed by atoms with Crippen molar-refractivity contribution in [2.75, 3.05) is 26.2 Å². The van der Waals surface area contributed by atoms with E-state index >= 15 is 0 Å². The van der Waals surface area contributed by atoms with Crippen LogP contribution in [0.25, 0.3) is 0 Å². The van der Waals surface area contributed by atoms with Gasteiger partial charge >= 0.3 is 0 Å². The second-order valence-corrected chi connectivity index (χ2v) is 5.06. The number of nitrogens with zero attached hydrogens (tertiary/aromatic N) is 1. The molecule has 3 nitrogen and oxygen atoms in total. The molecule has 106 valence electrons. The maximum absolute atomic E-state index is 3.42. The van der Waals surface area contributed by atoms with Crippen molar-refractivity contribution in [1.29, 1.82) is 0 Å². The van der Waals surface area contributed by atoms with E-state index in [9.17, 15) is 0 Å². The molecule has 1 fully saturated rings. The Bertz CT molecular complexity index is 295. The standard InChI is InChI=1S/C13H23N3.2ClH/c1-11(2)10-13(12-4-3-5-15-12)16-8-6-14-7-9-16;;/h3-5,11,13-15H,6-10H2,1-2H3;2*1H/t13-;;/m1../s1. The molecule has 0 aliphatic carbocycles. The Balaban J connectivity index is 0.00000144. The highest BCUT2D eigenvalue weighted by Crippen LogP contribution is 2.26. The predicted molar refractivity (Wildman–Crippen MR) is 81.9 cm³/mol. The zero-order valence-electron chi connectivity index (χ0n) is 11.2. The molecule has 1 atom stereocenters. The summed E-state index contributed by atoms with van der Waals surface area (Å²) < 4.78 is 0. The van der Waals surface area contributed by atoms with E-state index in [1.165, 1.54) is 12.1 Å². The number of rotatable bonds is 4. The number of H-pyrrole nitrogens is 1. The van der Waals surface area contributed by atoms with Crippen LogP contribution in [0, 0.1) is 5.92 Å². The third kappa shape index (κ3) is 4.81. The maximum Gasteiger partial charge on any atom is 0.0501 e. The fourth-order valence-electron chi connectivity index (χ4n) is 2.46. The van der Waals surface area contributed by atoms with E-state index < -0.39 is 0 Å². The molecular formula is C13H25Cl2N3. The largest absolute Gasteiger partial charge is 0.364 e. The number of nitrogens with one attached hydrogen (secondary N) is 2. The highest BCUT2D eigenvalue weighted by atomic mass is 35.5. The molecule has 1 saturated heterocycles. The van der Waals surface area contributed by atoms with Crippen molar-refractivity contribution < 1.29 is 0 Å². The number of halogens is 2. The SMILES string of the molecule is CC(C)C[C@H](c1ccc[nH]1)N1CCNCC1.Cl.Cl. The van der Waals surface area contributed by atoms with Gasteiger partial charge in [0.25, 0.3) is 0 Å². The van der Waals surface area contributed by atoms with Crippen LogP contribution in [0.15, 0.2) is 18.3 Å². The average molecular weight is 294 g/mol. The molecular weight excluding hydrogens is 269 g/mol. The minimum atomic E-state index is 0.